The maximum Gasteiger partial charge on any atom is 0.237 e. The van der Waals surface area contributed by atoms with Crippen molar-refractivity contribution in [2.75, 3.05) is 18.5 Å². The number of carbonyl (C=O) groups is 2. The Kier molecular flexibility index (Phi) is 9.62. The molecule has 2 atom stereocenters. The predicted octanol–water partition coefficient (Wildman–Crippen LogP) is 2.46. The van der Waals surface area contributed by atoms with Crippen LogP contribution in [0.5, 0.6) is 0 Å². The zero-order valence-corrected chi connectivity index (χ0v) is 16.3. The zero-order chi connectivity index (χ0) is 18.2. The molecule has 7 heteroatoms. The number of ether oxygens (including phenoxy) is 1. The summed E-state index contributed by atoms with van der Waals surface area (Å²) in [6, 6.07) is 7.00. The van der Waals surface area contributed by atoms with Gasteiger partial charge in [-0.25, -0.2) is 0 Å². The van der Waals surface area contributed by atoms with E-state index >= 15 is 0 Å². The summed E-state index contributed by atoms with van der Waals surface area (Å²) < 4.78 is 5.31. The molecule has 1 aliphatic heterocycles. The van der Waals surface area contributed by atoms with Crippen LogP contribution in [-0.2, 0) is 20.9 Å². The third-order valence-corrected chi connectivity index (χ3v) is 4.80. The SMILES string of the molecule is CCC(C)C(=O)Nc1cccc(CNC(=O)C(N)C2CCOCC2)c1.Cl. The molecule has 1 aromatic rings. The van der Waals surface area contributed by atoms with Crippen LogP contribution >= 0.6 is 12.4 Å². The first kappa shape index (κ1) is 22.4. The smallest absolute Gasteiger partial charge is 0.237 e. The molecule has 0 radical (unpaired) electrons. The van der Waals surface area contributed by atoms with Gasteiger partial charge in [0.25, 0.3) is 0 Å². The quantitative estimate of drug-likeness (QED) is 0.674. The van der Waals surface area contributed by atoms with Crippen molar-refractivity contribution >= 4 is 29.9 Å². The van der Waals surface area contributed by atoms with Crippen LogP contribution in [0.25, 0.3) is 0 Å². The van der Waals surface area contributed by atoms with Gasteiger partial charge in [0.1, 0.15) is 0 Å². The van der Waals surface area contributed by atoms with Crippen LogP contribution in [0.15, 0.2) is 24.3 Å². The van der Waals surface area contributed by atoms with Crippen molar-refractivity contribution in [2.24, 2.45) is 17.6 Å². The fraction of sp³-hybridized carbons (Fsp3) is 0.579. The van der Waals surface area contributed by atoms with Crippen molar-refractivity contribution < 1.29 is 14.3 Å². The van der Waals surface area contributed by atoms with Crippen LogP contribution in [0, 0.1) is 11.8 Å². The number of amides is 2. The number of carbonyl (C=O) groups excluding carboxylic acids is 2. The Bertz CT molecular complexity index is 591. The molecule has 1 saturated heterocycles. The van der Waals surface area contributed by atoms with Crippen LogP contribution in [-0.4, -0.2) is 31.1 Å². The van der Waals surface area contributed by atoms with Gasteiger partial charge in [0.05, 0.1) is 6.04 Å². The number of nitrogens with one attached hydrogen (secondary N) is 2. The fourth-order valence-electron chi connectivity index (χ4n) is 2.81. The third-order valence-electron chi connectivity index (χ3n) is 4.80. The Hall–Kier alpha value is -1.63. The maximum atomic E-state index is 12.3. The van der Waals surface area contributed by atoms with E-state index in [1.54, 1.807) is 0 Å². The first-order chi connectivity index (χ1) is 12.0. The van der Waals surface area contributed by atoms with Crippen molar-refractivity contribution in [3.63, 3.8) is 0 Å². The van der Waals surface area contributed by atoms with Gasteiger partial charge in [-0.3, -0.25) is 9.59 Å². The molecule has 146 valence electrons. The lowest BCUT2D eigenvalue weighted by Gasteiger charge is -2.26. The van der Waals surface area contributed by atoms with E-state index in [1.807, 2.05) is 38.1 Å². The van der Waals surface area contributed by atoms with Crippen LogP contribution < -0.4 is 16.4 Å². The molecule has 1 aliphatic rings. The predicted molar refractivity (Wildman–Crippen MR) is 105 cm³/mol. The number of anilines is 1. The summed E-state index contributed by atoms with van der Waals surface area (Å²) in [4.78, 5) is 24.2. The van der Waals surface area contributed by atoms with Gasteiger partial charge in [-0.2, -0.15) is 0 Å². The third kappa shape index (κ3) is 6.59. The minimum Gasteiger partial charge on any atom is -0.381 e. The number of nitrogens with two attached hydrogens (primary N) is 1. The summed E-state index contributed by atoms with van der Waals surface area (Å²) in [5, 5.41) is 5.80. The van der Waals surface area contributed by atoms with Crippen molar-refractivity contribution in [1.82, 2.24) is 5.32 Å². The molecule has 6 nitrogen and oxygen atoms in total. The van der Waals surface area contributed by atoms with Crippen LogP contribution in [0.2, 0.25) is 0 Å². The highest BCUT2D eigenvalue weighted by Gasteiger charge is 2.26. The minimum atomic E-state index is -0.503. The van der Waals surface area contributed by atoms with Crippen LogP contribution in [0.1, 0.15) is 38.7 Å². The van der Waals surface area contributed by atoms with E-state index in [0.717, 1.165) is 30.5 Å². The van der Waals surface area contributed by atoms with Gasteiger partial charge in [-0.1, -0.05) is 26.0 Å². The fourth-order valence-corrected chi connectivity index (χ4v) is 2.81. The Morgan fingerprint density at radius 3 is 2.62 bits per heavy atom. The molecule has 0 aliphatic carbocycles. The van der Waals surface area contributed by atoms with E-state index in [2.05, 4.69) is 10.6 Å². The monoisotopic (exact) mass is 383 g/mol. The molecule has 2 rings (SSSR count). The second-order valence-corrected chi connectivity index (χ2v) is 6.69. The van der Waals surface area contributed by atoms with E-state index in [1.165, 1.54) is 0 Å². The van der Waals surface area contributed by atoms with Gasteiger partial charge < -0.3 is 21.1 Å². The molecule has 0 spiro atoms. The zero-order valence-electron chi connectivity index (χ0n) is 15.5. The number of halogens is 1. The van der Waals surface area contributed by atoms with E-state index < -0.39 is 6.04 Å². The summed E-state index contributed by atoms with van der Waals surface area (Å²) in [5.74, 6) is 0.0157. The van der Waals surface area contributed by atoms with Gasteiger partial charge in [-0.05, 0) is 42.9 Å². The van der Waals surface area contributed by atoms with Crippen LogP contribution in [0.3, 0.4) is 0 Å². The highest BCUT2D eigenvalue weighted by atomic mass is 35.5. The largest absolute Gasteiger partial charge is 0.381 e. The topological polar surface area (TPSA) is 93.5 Å². The molecule has 4 N–H and O–H groups in total. The summed E-state index contributed by atoms with van der Waals surface area (Å²) in [5.41, 5.74) is 7.74. The average molecular weight is 384 g/mol. The van der Waals surface area contributed by atoms with Crippen molar-refractivity contribution in [3.8, 4) is 0 Å². The van der Waals surface area contributed by atoms with Gasteiger partial charge >= 0.3 is 0 Å². The Labute approximate surface area is 161 Å². The van der Waals surface area contributed by atoms with E-state index in [9.17, 15) is 9.59 Å². The summed E-state index contributed by atoms with van der Waals surface area (Å²) in [7, 11) is 0. The number of hydrogen-bond acceptors (Lipinski definition) is 4. The Morgan fingerprint density at radius 1 is 1.27 bits per heavy atom. The van der Waals surface area contributed by atoms with Gasteiger partial charge in [0.15, 0.2) is 0 Å². The Balaban J connectivity index is 0.00000338. The summed E-state index contributed by atoms with van der Waals surface area (Å²) in [6.07, 6.45) is 2.45. The van der Waals surface area contributed by atoms with E-state index in [0.29, 0.717) is 19.8 Å². The van der Waals surface area contributed by atoms with Crippen LogP contribution in [0.4, 0.5) is 5.69 Å². The van der Waals surface area contributed by atoms with E-state index in [-0.39, 0.29) is 36.1 Å². The Morgan fingerprint density at radius 2 is 1.96 bits per heavy atom. The number of rotatable bonds is 7. The average Bonchev–Trinajstić information content (AvgIpc) is 2.65. The molecule has 0 bridgehead atoms. The number of hydrogen-bond donors (Lipinski definition) is 3. The van der Waals surface area contributed by atoms with Gasteiger partial charge in [0, 0.05) is 31.4 Å². The summed E-state index contributed by atoms with van der Waals surface area (Å²) in [6.45, 7) is 5.62. The standard InChI is InChI=1S/C19H29N3O3.ClH/c1-3-13(2)18(23)22-16-6-4-5-14(11-16)12-21-19(24)17(20)15-7-9-25-10-8-15;/h4-6,11,13,15,17H,3,7-10,12,20H2,1-2H3,(H,21,24)(H,22,23);1H. The molecule has 26 heavy (non-hydrogen) atoms. The molecular weight excluding hydrogens is 354 g/mol. The lowest BCUT2D eigenvalue weighted by molar-refractivity contribution is -0.124. The second-order valence-electron chi connectivity index (χ2n) is 6.69. The first-order valence-corrected chi connectivity index (χ1v) is 9.02. The highest BCUT2D eigenvalue weighted by molar-refractivity contribution is 5.92. The lowest BCUT2D eigenvalue weighted by Crippen LogP contribution is -2.46. The molecule has 2 unspecified atom stereocenters. The molecular formula is C19H30ClN3O3. The second kappa shape index (κ2) is 11.2. The van der Waals surface area contributed by atoms with Crippen molar-refractivity contribution in [1.29, 1.82) is 0 Å². The summed E-state index contributed by atoms with van der Waals surface area (Å²) >= 11 is 0. The van der Waals surface area contributed by atoms with Crippen molar-refractivity contribution in [2.45, 2.75) is 45.7 Å². The van der Waals surface area contributed by atoms with Crippen molar-refractivity contribution in [3.05, 3.63) is 29.8 Å². The maximum absolute atomic E-state index is 12.3. The van der Waals surface area contributed by atoms with Gasteiger partial charge in [0.2, 0.25) is 11.8 Å². The number of benzene rings is 1. The lowest BCUT2D eigenvalue weighted by atomic mass is 9.92. The first-order valence-electron chi connectivity index (χ1n) is 9.02. The molecule has 2 amide bonds. The van der Waals surface area contributed by atoms with E-state index in [4.69, 9.17) is 10.5 Å². The highest BCUT2D eigenvalue weighted by Crippen LogP contribution is 2.18. The molecule has 1 fully saturated rings. The van der Waals surface area contributed by atoms with Gasteiger partial charge in [-0.15, -0.1) is 12.4 Å². The molecule has 0 aromatic heterocycles. The molecule has 1 heterocycles. The molecule has 1 aromatic carbocycles. The molecule has 0 saturated carbocycles. The minimum absolute atomic E-state index is 0. The normalized spacial score (nSPS) is 16.9.